The van der Waals surface area contributed by atoms with Crippen molar-refractivity contribution < 1.29 is 4.79 Å². The van der Waals surface area contributed by atoms with Crippen LogP contribution in [-0.4, -0.2) is 54.3 Å². The summed E-state index contributed by atoms with van der Waals surface area (Å²) >= 11 is 0. The molecule has 2 aliphatic rings. The van der Waals surface area contributed by atoms with E-state index in [-0.39, 0.29) is 11.5 Å². The lowest BCUT2D eigenvalue weighted by atomic mass is 10.0. The van der Waals surface area contributed by atoms with E-state index in [1.165, 1.54) is 0 Å². The van der Waals surface area contributed by atoms with Crippen LogP contribution < -0.4 is 5.73 Å². The highest BCUT2D eigenvalue weighted by molar-refractivity contribution is 6.14. The summed E-state index contributed by atoms with van der Waals surface area (Å²) in [7, 11) is 0. The Morgan fingerprint density at radius 3 is 2.52 bits per heavy atom. The van der Waals surface area contributed by atoms with Crippen molar-refractivity contribution in [3.8, 4) is 6.07 Å². The van der Waals surface area contributed by atoms with Gasteiger partial charge < -0.3 is 15.5 Å². The van der Waals surface area contributed by atoms with Crippen LogP contribution >= 0.6 is 0 Å². The highest BCUT2D eigenvalue weighted by Crippen LogP contribution is 2.30. The molecule has 1 fully saturated rings. The molecular formula is C17H19N5O. The molecule has 118 valence electrons. The highest BCUT2D eigenvalue weighted by atomic mass is 16.2. The third kappa shape index (κ3) is 2.71. The van der Waals surface area contributed by atoms with Gasteiger partial charge in [0.1, 0.15) is 17.5 Å². The van der Waals surface area contributed by atoms with Gasteiger partial charge in [0.2, 0.25) is 0 Å². The zero-order valence-electron chi connectivity index (χ0n) is 13.1. The molecule has 23 heavy (non-hydrogen) atoms. The molecule has 2 heterocycles. The van der Waals surface area contributed by atoms with E-state index >= 15 is 0 Å². The predicted molar refractivity (Wildman–Crippen MR) is 88.4 cm³/mol. The van der Waals surface area contributed by atoms with Crippen LogP contribution in [-0.2, 0) is 4.79 Å². The first kappa shape index (κ1) is 15.3. The van der Waals surface area contributed by atoms with Crippen molar-refractivity contribution in [1.29, 1.82) is 5.26 Å². The average Bonchev–Trinajstić information content (AvgIpc) is 2.93. The fourth-order valence-electron chi connectivity index (χ4n) is 2.97. The molecule has 0 aromatic heterocycles. The molecule has 0 bridgehead atoms. The number of benzene rings is 1. The van der Waals surface area contributed by atoms with Crippen LogP contribution in [0.2, 0.25) is 0 Å². The summed E-state index contributed by atoms with van der Waals surface area (Å²) in [5, 5.41) is 9.52. The van der Waals surface area contributed by atoms with Crippen molar-refractivity contribution in [2.75, 3.05) is 32.7 Å². The van der Waals surface area contributed by atoms with Crippen molar-refractivity contribution in [3.63, 3.8) is 0 Å². The Hall–Kier alpha value is -2.65. The molecule has 2 aliphatic heterocycles. The molecule has 3 rings (SSSR count). The molecule has 1 aromatic carbocycles. The number of amides is 1. The molecule has 0 atom stereocenters. The molecule has 0 radical (unpaired) electrons. The summed E-state index contributed by atoms with van der Waals surface area (Å²) in [6, 6.07) is 9.45. The number of likely N-dealkylation sites (N-methyl/N-ethyl adjacent to an activating group) is 1. The molecular weight excluding hydrogens is 290 g/mol. The number of hydrogen-bond donors (Lipinski definition) is 1. The van der Waals surface area contributed by atoms with Crippen LogP contribution in [0.15, 0.2) is 34.8 Å². The van der Waals surface area contributed by atoms with Gasteiger partial charge in [0.15, 0.2) is 0 Å². The van der Waals surface area contributed by atoms with Crippen molar-refractivity contribution in [3.05, 3.63) is 41.0 Å². The molecule has 6 nitrogen and oxygen atoms in total. The second kappa shape index (κ2) is 6.23. The molecule has 1 amide bonds. The topological polar surface area (TPSA) is 85.7 Å². The zero-order valence-corrected chi connectivity index (χ0v) is 13.1. The highest BCUT2D eigenvalue weighted by Gasteiger charge is 2.29. The van der Waals surface area contributed by atoms with E-state index in [9.17, 15) is 10.1 Å². The Labute approximate surface area is 135 Å². The zero-order chi connectivity index (χ0) is 16.4. The SMILES string of the molecule is CCN1CCN(C(=O)/C(C#N)=C2/N=C(N)c3ccccc32)CC1. The number of aliphatic imine (C=N–C) groups is 1. The van der Waals surface area contributed by atoms with E-state index in [4.69, 9.17) is 5.73 Å². The monoisotopic (exact) mass is 309 g/mol. The Morgan fingerprint density at radius 2 is 1.91 bits per heavy atom. The van der Waals surface area contributed by atoms with Crippen LogP contribution in [0.4, 0.5) is 0 Å². The van der Waals surface area contributed by atoms with Crippen molar-refractivity contribution >= 4 is 17.4 Å². The largest absolute Gasteiger partial charge is 0.383 e. The molecule has 0 aliphatic carbocycles. The molecule has 2 N–H and O–H groups in total. The van der Waals surface area contributed by atoms with Crippen LogP contribution in [0.25, 0.3) is 5.70 Å². The first-order chi connectivity index (χ1) is 11.2. The molecule has 1 saturated heterocycles. The summed E-state index contributed by atoms with van der Waals surface area (Å²) < 4.78 is 0. The molecule has 0 saturated carbocycles. The second-order valence-corrected chi connectivity index (χ2v) is 5.60. The number of amidine groups is 1. The number of hydrogen-bond acceptors (Lipinski definition) is 5. The first-order valence-corrected chi connectivity index (χ1v) is 7.75. The average molecular weight is 309 g/mol. The molecule has 0 unspecified atom stereocenters. The molecule has 6 heteroatoms. The lowest BCUT2D eigenvalue weighted by Gasteiger charge is -2.33. The fraction of sp³-hybridized carbons (Fsp3) is 0.353. The second-order valence-electron chi connectivity index (χ2n) is 5.60. The van der Waals surface area contributed by atoms with Crippen LogP contribution in [0.1, 0.15) is 18.1 Å². The van der Waals surface area contributed by atoms with Gasteiger partial charge in [-0.1, -0.05) is 31.2 Å². The Kier molecular flexibility index (Phi) is 4.13. The number of piperazine rings is 1. The van der Waals surface area contributed by atoms with E-state index in [0.717, 1.165) is 30.8 Å². The number of carbonyl (C=O) groups is 1. The van der Waals surface area contributed by atoms with E-state index < -0.39 is 0 Å². The maximum atomic E-state index is 12.7. The van der Waals surface area contributed by atoms with Crippen molar-refractivity contribution in [1.82, 2.24) is 9.80 Å². The van der Waals surface area contributed by atoms with Gasteiger partial charge in [0.05, 0.1) is 5.70 Å². The standard InChI is InChI=1S/C17H19N5O/c1-2-21-7-9-22(10-8-21)17(23)14(11-18)15-12-5-3-4-6-13(12)16(19)20-15/h3-6H,2,7-10H2,1H3,(H2,19,20)/b15-14+. The van der Waals surface area contributed by atoms with E-state index in [1.54, 1.807) is 4.90 Å². The minimum Gasteiger partial charge on any atom is -0.383 e. The summed E-state index contributed by atoms with van der Waals surface area (Å²) in [5.41, 5.74) is 7.91. The van der Waals surface area contributed by atoms with Crippen LogP contribution in [0, 0.1) is 11.3 Å². The Bertz CT molecular complexity index is 736. The quantitative estimate of drug-likeness (QED) is 0.647. The Balaban J connectivity index is 1.92. The van der Waals surface area contributed by atoms with Crippen LogP contribution in [0.3, 0.4) is 0 Å². The van der Waals surface area contributed by atoms with Crippen molar-refractivity contribution in [2.45, 2.75) is 6.92 Å². The number of fused-ring (bicyclic) bond motifs is 1. The minimum absolute atomic E-state index is 0.0721. The molecule has 1 aromatic rings. The maximum absolute atomic E-state index is 12.7. The van der Waals surface area contributed by atoms with Gasteiger partial charge in [-0.05, 0) is 6.54 Å². The number of nitrogens with zero attached hydrogens (tertiary/aromatic N) is 4. The van der Waals surface area contributed by atoms with Gasteiger partial charge in [0, 0.05) is 37.3 Å². The summed E-state index contributed by atoms with van der Waals surface area (Å²) in [5.74, 6) is 0.0958. The lowest BCUT2D eigenvalue weighted by Crippen LogP contribution is -2.48. The molecule has 0 spiro atoms. The fourth-order valence-corrected chi connectivity index (χ4v) is 2.97. The number of nitrogens with two attached hydrogens (primary N) is 1. The Morgan fingerprint density at radius 1 is 1.26 bits per heavy atom. The van der Waals surface area contributed by atoms with Gasteiger partial charge in [-0.3, -0.25) is 4.79 Å². The lowest BCUT2D eigenvalue weighted by molar-refractivity contribution is -0.128. The summed E-state index contributed by atoms with van der Waals surface area (Å²) in [6.45, 7) is 6.00. The van der Waals surface area contributed by atoms with E-state index in [0.29, 0.717) is 24.6 Å². The van der Waals surface area contributed by atoms with E-state index in [1.807, 2.05) is 30.3 Å². The van der Waals surface area contributed by atoms with E-state index in [2.05, 4.69) is 16.8 Å². The van der Waals surface area contributed by atoms with Gasteiger partial charge in [-0.2, -0.15) is 5.26 Å². The minimum atomic E-state index is -0.258. The number of carbonyl (C=O) groups excluding carboxylic acids is 1. The normalized spacial score (nSPS) is 19.8. The summed E-state index contributed by atoms with van der Waals surface area (Å²) in [6.07, 6.45) is 0. The number of nitriles is 1. The van der Waals surface area contributed by atoms with Gasteiger partial charge in [0.25, 0.3) is 5.91 Å². The number of rotatable bonds is 2. The van der Waals surface area contributed by atoms with Gasteiger partial charge in [-0.15, -0.1) is 0 Å². The maximum Gasteiger partial charge on any atom is 0.266 e. The van der Waals surface area contributed by atoms with Crippen molar-refractivity contribution in [2.24, 2.45) is 10.7 Å². The first-order valence-electron chi connectivity index (χ1n) is 7.75. The predicted octanol–water partition coefficient (Wildman–Crippen LogP) is 0.804. The van der Waals surface area contributed by atoms with Gasteiger partial charge in [-0.25, -0.2) is 4.99 Å². The summed E-state index contributed by atoms with van der Waals surface area (Å²) in [4.78, 5) is 21.0. The smallest absolute Gasteiger partial charge is 0.266 e. The third-order valence-electron chi connectivity index (χ3n) is 4.36. The van der Waals surface area contributed by atoms with Gasteiger partial charge >= 0.3 is 0 Å². The van der Waals surface area contributed by atoms with Crippen LogP contribution in [0.5, 0.6) is 0 Å². The third-order valence-corrected chi connectivity index (χ3v) is 4.36.